The monoisotopic (exact) mass is 197 g/mol. The molecule has 1 saturated heterocycles. The average molecular weight is 197 g/mol. The van der Waals surface area contributed by atoms with Crippen LogP contribution >= 0.6 is 0 Å². The maximum absolute atomic E-state index is 11.6. The molecule has 1 fully saturated rings. The zero-order valence-corrected chi connectivity index (χ0v) is 8.96. The number of hydrogen-bond donors (Lipinski definition) is 1. The van der Waals surface area contributed by atoms with Crippen molar-refractivity contribution in [1.82, 2.24) is 0 Å². The zero-order chi connectivity index (χ0) is 10.8. The van der Waals surface area contributed by atoms with Crippen molar-refractivity contribution >= 4 is 6.09 Å². The Morgan fingerprint density at radius 2 is 2.21 bits per heavy atom. The molecule has 0 spiro atoms. The van der Waals surface area contributed by atoms with Gasteiger partial charge in [0.2, 0.25) is 0 Å². The van der Waals surface area contributed by atoms with E-state index in [2.05, 4.69) is 6.07 Å². The number of amides is 1. The third kappa shape index (κ3) is 2.71. The molecule has 1 aliphatic heterocycles. The zero-order valence-electron chi connectivity index (χ0n) is 8.96. The van der Waals surface area contributed by atoms with Gasteiger partial charge in [0.15, 0.2) is 6.04 Å². The van der Waals surface area contributed by atoms with Crippen LogP contribution in [0.3, 0.4) is 0 Å². The molecule has 4 nitrogen and oxygen atoms in total. The summed E-state index contributed by atoms with van der Waals surface area (Å²) in [4.78, 5) is 12.3. The Morgan fingerprint density at radius 1 is 1.57 bits per heavy atom. The number of likely N-dealkylation sites (tertiary alicyclic amines) is 1. The van der Waals surface area contributed by atoms with E-state index in [-0.39, 0.29) is 12.1 Å². The van der Waals surface area contributed by atoms with Crippen LogP contribution in [-0.2, 0) is 4.74 Å². The number of carbonyl (C=O) groups is 1. The van der Waals surface area contributed by atoms with Gasteiger partial charge in [0.25, 0.3) is 0 Å². The number of alkyl carbamates (subject to hydrolysis) is 2. The first-order valence-corrected chi connectivity index (χ1v) is 4.93. The number of nitriles is 1. The quantitative estimate of drug-likeness (QED) is 0.615. The molecule has 4 heteroatoms. The molecule has 1 unspecified atom stereocenters. The number of quaternary nitrogens is 1. The summed E-state index contributed by atoms with van der Waals surface area (Å²) in [7, 11) is 0. The molecule has 78 valence electrons. The predicted octanol–water partition coefficient (Wildman–Crippen LogP) is 0.492. The molecule has 1 N–H and O–H groups in total. The van der Waals surface area contributed by atoms with E-state index in [4.69, 9.17) is 10.00 Å². The molecule has 1 heterocycles. The van der Waals surface area contributed by atoms with E-state index in [0.29, 0.717) is 11.4 Å². The normalized spacial score (nSPS) is 27.0. The smallest absolute Gasteiger partial charge is 0.414 e. The number of ether oxygens (including phenoxy) is 1. The molecule has 0 aromatic carbocycles. The van der Waals surface area contributed by atoms with E-state index >= 15 is 0 Å². The molecule has 14 heavy (non-hydrogen) atoms. The first-order chi connectivity index (χ1) is 6.44. The molecule has 0 aromatic heterocycles. The Bertz CT molecular complexity index is 262. The van der Waals surface area contributed by atoms with Crippen LogP contribution in [0, 0.1) is 11.3 Å². The number of nitrogens with one attached hydrogen (secondary N) is 1. The van der Waals surface area contributed by atoms with Gasteiger partial charge < -0.3 is 4.74 Å². The van der Waals surface area contributed by atoms with Crippen molar-refractivity contribution in [3.63, 3.8) is 0 Å². The fraction of sp³-hybridized carbons (Fsp3) is 0.800. The van der Waals surface area contributed by atoms with Crippen molar-refractivity contribution in [3.8, 4) is 6.07 Å². The lowest BCUT2D eigenvalue weighted by atomic mass is 10.2. The fourth-order valence-corrected chi connectivity index (χ4v) is 1.58. The van der Waals surface area contributed by atoms with Crippen LogP contribution in [0.25, 0.3) is 0 Å². The molecular weight excluding hydrogens is 180 g/mol. The highest BCUT2D eigenvalue weighted by Crippen LogP contribution is 2.07. The predicted molar refractivity (Wildman–Crippen MR) is 50.7 cm³/mol. The lowest BCUT2D eigenvalue weighted by molar-refractivity contribution is -0.828. The summed E-state index contributed by atoms with van der Waals surface area (Å²) in [6.07, 6.45) is 1.43. The first-order valence-electron chi connectivity index (χ1n) is 4.93. The molecule has 0 aromatic rings. The van der Waals surface area contributed by atoms with E-state index in [1.807, 2.05) is 20.8 Å². The van der Waals surface area contributed by atoms with Gasteiger partial charge in [-0.2, -0.15) is 10.1 Å². The van der Waals surface area contributed by atoms with Gasteiger partial charge in [0, 0.05) is 12.8 Å². The van der Waals surface area contributed by atoms with Crippen molar-refractivity contribution < 1.29 is 14.4 Å². The van der Waals surface area contributed by atoms with E-state index in [9.17, 15) is 4.79 Å². The summed E-state index contributed by atoms with van der Waals surface area (Å²) < 4.78 is 5.23. The molecule has 2 atom stereocenters. The second kappa shape index (κ2) is 3.97. The Morgan fingerprint density at radius 3 is 2.71 bits per heavy atom. The summed E-state index contributed by atoms with van der Waals surface area (Å²) in [5, 5.41) is 8.81. The summed E-state index contributed by atoms with van der Waals surface area (Å²) in [5.74, 6) is 0. The average Bonchev–Trinajstić information content (AvgIpc) is 2.47. The number of carbonyl (C=O) groups excluding carboxylic acids is 1. The van der Waals surface area contributed by atoms with Crippen LogP contribution in [0.2, 0.25) is 0 Å². The summed E-state index contributed by atoms with van der Waals surface area (Å²) in [5.41, 5.74) is -0.466. The minimum absolute atomic E-state index is 0.218. The third-order valence-electron chi connectivity index (χ3n) is 2.18. The number of rotatable bonds is 0. The molecular formula is C10H17N2O2+. The summed E-state index contributed by atoms with van der Waals surface area (Å²) in [6.45, 7) is 6.22. The highest BCUT2D eigenvalue weighted by Gasteiger charge is 2.37. The number of hydrogen-bond acceptors (Lipinski definition) is 3. The van der Waals surface area contributed by atoms with E-state index in [1.54, 1.807) is 0 Å². The Labute approximate surface area is 84.4 Å². The van der Waals surface area contributed by atoms with Crippen LogP contribution < -0.4 is 4.90 Å². The van der Waals surface area contributed by atoms with E-state index < -0.39 is 5.60 Å². The fourth-order valence-electron chi connectivity index (χ4n) is 1.58. The minimum Gasteiger partial charge on any atom is -0.414 e. The first kappa shape index (κ1) is 11.0. The summed E-state index contributed by atoms with van der Waals surface area (Å²) in [6, 6.07) is 1.93. The van der Waals surface area contributed by atoms with Crippen LogP contribution in [0.4, 0.5) is 4.79 Å². The van der Waals surface area contributed by atoms with Crippen molar-refractivity contribution in [3.05, 3.63) is 0 Å². The highest BCUT2D eigenvalue weighted by molar-refractivity contribution is 5.58. The van der Waals surface area contributed by atoms with E-state index in [0.717, 1.165) is 12.8 Å². The Hall–Kier alpha value is -1.08. The van der Waals surface area contributed by atoms with Crippen LogP contribution in [-0.4, -0.2) is 24.3 Å². The summed E-state index contributed by atoms with van der Waals surface area (Å²) >= 11 is 0. The standard InChI is InChI=1S/C10H16N2O2/c1-10(2,3)14-9(13)12-6-4-5-8(12)7-11/h8H,4-6H2,1-3H3/p+1/t8-/m0/s1. The Balaban J connectivity index is 2.57. The van der Waals surface area contributed by atoms with Gasteiger partial charge in [0.05, 0.1) is 6.54 Å². The van der Waals surface area contributed by atoms with Gasteiger partial charge >= 0.3 is 6.09 Å². The lowest BCUT2D eigenvalue weighted by Crippen LogP contribution is -3.16. The lowest BCUT2D eigenvalue weighted by Gasteiger charge is -2.21. The van der Waals surface area contributed by atoms with Gasteiger partial charge in [-0.15, -0.1) is 0 Å². The maximum atomic E-state index is 11.6. The SMILES string of the molecule is CC(C)(C)OC(=O)[NH+]1CCC[C@H]1C#N. The minimum atomic E-state index is -0.466. The van der Waals surface area contributed by atoms with Crippen molar-refractivity contribution in [2.24, 2.45) is 0 Å². The maximum Gasteiger partial charge on any atom is 0.515 e. The van der Waals surface area contributed by atoms with E-state index in [1.165, 1.54) is 0 Å². The van der Waals surface area contributed by atoms with Crippen molar-refractivity contribution in [1.29, 1.82) is 5.26 Å². The molecule has 1 amide bonds. The highest BCUT2D eigenvalue weighted by atomic mass is 16.6. The van der Waals surface area contributed by atoms with Crippen LogP contribution in [0.1, 0.15) is 33.6 Å². The second-order valence-electron chi connectivity index (χ2n) is 4.60. The molecule has 0 radical (unpaired) electrons. The van der Waals surface area contributed by atoms with Crippen molar-refractivity contribution in [2.45, 2.75) is 45.3 Å². The van der Waals surface area contributed by atoms with Gasteiger partial charge in [-0.1, -0.05) is 0 Å². The van der Waals surface area contributed by atoms with Crippen molar-refractivity contribution in [2.75, 3.05) is 6.54 Å². The van der Waals surface area contributed by atoms with Gasteiger partial charge in [-0.25, -0.2) is 4.90 Å². The van der Waals surface area contributed by atoms with Gasteiger partial charge in [-0.3, -0.25) is 0 Å². The molecule has 0 aliphatic carbocycles. The molecule has 0 bridgehead atoms. The second-order valence-corrected chi connectivity index (χ2v) is 4.60. The molecule has 0 saturated carbocycles. The van der Waals surface area contributed by atoms with Gasteiger partial charge in [-0.05, 0) is 20.8 Å². The number of nitrogens with zero attached hydrogens (tertiary/aromatic N) is 1. The Kier molecular flexibility index (Phi) is 3.12. The largest absolute Gasteiger partial charge is 0.515 e. The van der Waals surface area contributed by atoms with Crippen LogP contribution in [0.5, 0.6) is 0 Å². The topological polar surface area (TPSA) is 54.5 Å². The molecule has 1 rings (SSSR count). The third-order valence-corrected chi connectivity index (χ3v) is 2.18. The van der Waals surface area contributed by atoms with Crippen LogP contribution in [0.15, 0.2) is 0 Å². The van der Waals surface area contributed by atoms with Gasteiger partial charge in [0.1, 0.15) is 11.7 Å². The molecule has 1 aliphatic rings.